The maximum absolute atomic E-state index is 3.41. The van der Waals surface area contributed by atoms with E-state index >= 15 is 0 Å². The average molecular weight is 275 g/mol. The molecule has 1 N–H and O–H groups in total. The van der Waals surface area contributed by atoms with Gasteiger partial charge in [-0.1, -0.05) is 58.9 Å². The largest absolute Gasteiger partial charge is 0.317 e. The van der Waals surface area contributed by atoms with Crippen LogP contribution in [-0.2, 0) is 11.8 Å². The fourth-order valence-corrected chi connectivity index (χ4v) is 2.41. The van der Waals surface area contributed by atoms with Gasteiger partial charge in [-0.2, -0.15) is 0 Å². The topological polar surface area (TPSA) is 12.0 Å². The van der Waals surface area contributed by atoms with Gasteiger partial charge in [-0.3, -0.25) is 0 Å². The van der Waals surface area contributed by atoms with Crippen molar-refractivity contribution in [2.45, 2.75) is 65.7 Å². The summed E-state index contributed by atoms with van der Waals surface area (Å²) in [5, 5.41) is 3.41. The van der Waals surface area contributed by atoms with E-state index in [0.29, 0.717) is 5.41 Å². The first kappa shape index (κ1) is 17.2. The Bertz CT molecular complexity index is 364. The highest BCUT2D eigenvalue weighted by Gasteiger charge is 2.17. The lowest BCUT2D eigenvalue weighted by molar-refractivity contribution is 0.474. The number of hydrogen-bond donors (Lipinski definition) is 1. The number of benzene rings is 1. The number of aryl methyl sites for hydroxylation is 1. The van der Waals surface area contributed by atoms with Gasteiger partial charge in [0.1, 0.15) is 0 Å². The van der Waals surface area contributed by atoms with Crippen molar-refractivity contribution in [3.05, 3.63) is 35.4 Å². The second-order valence-electron chi connectivity index (χ2n) is 6.72. The van der Waals surface area contributed by atoms with Crippen LogP contribution in [-0.4, -0.2) is 13.1 Å². The standard InChI is InChI=1S/C19H33N/c1-6-19(4,5)18-12-10-17(11-13-18)9-8-16(3)14-15-20-7-2/h10-13,16,20H,6-9,14-15H2,1-5H3. The van der Waals surface area contributed by atoms with Gasteiger partial charge >= 0.3 is 0 Å². The lowest BCUT2D eigenvalue weighted by Gasteiger charge is -2.23. The van der Waals surface area contributed by atoms with Gasteiger partial charge in [-0.05, 0) is 61.2 Å². The fourth-order valence-electron chi connectivity index (χ4n) is 2.41. The number of nitrogens with one attached hydrogen (secondary N) is 1. The van der Waals surface area contributed by atoms with E-state index in [0.717, 1.165) is 19.0 Å². The normalized spacial score (nSPS) is 13.4. The highest BCUT2D eigenvalue weighted by atomic mass is 14.8. The molecule has 0 radical (unpaired) electrons. The molecule has 0 bridgehead atoms. The minimum Gasteiger partial charge on any atom is -0.317 e. The van der Waals surface area contributed by atoms with Gasteiger partial charge in [0, 0.05) is 0 Å². The van der Waals surface area contributed by atoms with Crippen LogP contribution < -0.4 is 5.32 Å². The van der Waals surface area contributed by atoms with Crippen molar-refractivity contribution in [2.75, 3.05) is 13.1 Å². The predicted molar refractivity (Wildman–Crippen MR) is 90.4 cm³/mol. The molecule has 1 atom stereocenters. The molecule has 0 spiro atoms. The molecule has 0 fully saturated rings. The van der Waals surface area contributed by atoms with Crippen molar-refractivity contribution in [1.29, 1.82) is 0 Å². The van der Waals surface area contributed by atoms with Crippen molar-refractivity contribution in [1.82, 2.24) is 5.32 Å². The van der Waals surface area contributed by atoms with Gasteiger partial charge < -0.3 is 5.32 Å². The van der Waals surface area contributed by atoms with Gasteiger partial charge in [0.05, 0.1) is 0 Å². The molecule has 1 heteroatoms. The molecule has 1 aromatic rings. The van der Waals surface area contributed by atoms with Crippen LogP contribution in [0.1, 0.15) is 65.0 Å². The third-order valence-electron chi connectivity index (χ3n) is 4.61. The zero-order valence-corrected chi connectivity index (χ0v) is 14.1. The molecule has 114 valence electrons. The van der Waals surface area contributed by atoms with E-state index in [1.165, 1.54) is 36.8 Å². The van der Waals surface area contributed by atoms with E-state index < -0.39 is 0 Å². The minimum atomic E-state index is 0.303. The number of rotatable bonds is 9. The Morgan fingerprint density at radius 3 is 2.25 bits per heavy atom. The van der Waals surface area contributed by atoms with Crippen molar-refractivity contribution >= 4 is 0 Å². The second-order valence-corrected chi connectivity index (χ2v) is 6.72. The summed E-state index contributed by atoms with van der Waals surface area (Å²) < 4.78 is 0. The molecule has 0 heterocycles. The molecule has 0 amide bonds. The van der Waals surface area contributed by atoms with Gasteiger partial charge in [0.25, 0.3) is 0 Å². The van der Waals surface area contributed by atoms with Crippen LogP contribution in [0.25, 0.3) is 0 Å². The zero-order chi connectivity index (χ0) is 15.0. The quantitative estimate of drug-likeness (QED) is 0.629. The van der Waals surface area contributed by atoms with Crippen LogP contribution in [0, 0.1) is 5.92 Å². The molecular formula is C19H33N. The Balaban J connectivity index is 2.42. The summed E-state index contributed by atoms with van der Waals surface area (Å²) in [6.07, 6.45) is 4.98. The maximum Gasteiger partial charge on any atom is -0.00465 e. The lowest BCUT2D eigenvalue weighted by atomic mass is 9.82. The molecule has 1 aromatic carbocycles. The smallest absolute Gasteiger partial charge is 0.00465 e. The van der Waals surface area contributed by atoms with Crippen molar-refractivity contribution < 1.29 is 0 Å². The van der Waals surface area contributed by atoms with Crippen LogP contribution >= 0.6 is 0 Å². The van der Waals surface area contributed by atoms with E-state index in [-0.39, 0.29) is 0 Å². The Hall–Kier alpha value is -0.820. The summed E-state index contributed by atoms with van der Waals surface area (Å²) in [4.78, 5) is 0. The Labute approximate surface area is 126 Å². The Kier molecular flexibility index (Phi) is 7.29. The molecule has 0 aliphatic rings. The summed E-state index contributed by atoms with van der Waals surface area (Å²) in [5.74, 6) is 0.806. The van der Waals surface area contributed by atoms with E-state index in [4.69, 9.17) is 0 Å². The zero-order valence-electron chi connectivity index (χ0n) is 14.1. The SMILES string of the molecule is CCNCCC(C)CCc1ccc(C(C)(C)CC)cc1. The third-order valence-corrected chi connectivity index (χ3v) is 4.61. The van der Waals surface area contributed by atoms with Crippen LogP contribution in [0.15, 0.2) is 24.3 Å². The van der Waals surface area contributed by atoms with Gasteiger partial charge in [0.15, 0.2) is 0 Å². The second kappa shape index (κ2) is 8.46. The highest BCUT2D eigenvalue weighted by molar-refractivity contribution is 5.28. The van der Waals surface area contributed by atoms with E-state index in [2.05, 4.69) is 64.2 Å². The van der Waals surface area contributed by atoms with Gasteiger partial charge in [0.2, 0.25) is 0 Å². The van der Waals surface area contributed by atoms with Crippen molar-refractivity contribution in [3.63, 3.8) is 0 Å². The lowest BCUT2D eigenvalue weighted by Crippen LogP contribution is -2.16. The molecule has 0 saturated heterocycles. The van der Waals surface area contributed by atoms with Gasteiger partial charge in [-0.25, -0.2) is 0 Å². The molecule has 1 nitrogen and oxygen atoms in total. The number of hydrogen-bond acceptors (Lipinski definition) is 1. The van der Waals surface area contributed by atoms with E-state index in [1.807, 2.05) is 0 Å². The molecule has 0 aromatic heterocycles. The summed E-state index contributed by atoms with van der Waals surface area (Å²) in [5.41, 5.74) is 3.25. The molecule has 1 rings (SSSR count). The molecule has 20 heavy (non-hydrogen) atoms. The molecule has 1 unspecified atom stereocenters. The van der Waals surface area contributed by atoms with Crippen LogP contribution in [0.5, 0.6) is 0 Å². The van der Waals surface area contributed by atoms with Crippen molar-refractivity contribution in [2.24, 2.45) is 5.92 Å². The third kappa shape index (κ3) is 5.66. The first-order chi connectivity index (χ1) is 9.49. The first-order valence-electron chi connectivity index (χ1n) is 8.29. The first-order valence-corrected chi connectivity index (χ1v) is 8.29. The van der Waals surface area contributed by atoms with E-state index in [1.54, 1.807) is 0 Å². The Morgan fingerprint density at radius 1 is 1.05 bits per heavy atom. The molecular weight excluding hydrogens is 242 g/mol. The summed E-state index contributed by atoms with van der Waals surface area (Å²) in [7, 11) is 0. The average Bonchev–Trinajstić information content (AvgIpc) is 2.46. The van der Waals surface area contributed by atoms with Crippen LogP contribution in [0.2, 0.25) is 0 Å². The minimum absolute atomic E-state index is 0.303. The van der Waals surface area contributed by atoms with Crippen molar-refractivity contribution in [3.8, 4) is 0 Å². The Morgan fingerprint density at radius 2 is 1.70 bits per heavy atom. The molecule has 0 aliphatic carbocycles. The monoisotopic (exact) mass is 275 g/mol. The maximum atomic E-state index is 3.41. The highest BCUT2D eigenvalue weighted by Crippen LogP contribution is 2.27. The molecule has 0 saturated carbocycles. The molecule has 0 aliphatic heterocycles. The fraction of sp³-hybridized carbons (Fsp3) is 0.684. The summed E-state index contributed by atoms with van der Waals surface area (Å²) in [6.45, 7) is 13.7. The summed E-state index contributed by atoms with van der Waals surface area (Å²) >= 11 is 0. The van der Waals surface area contributed by atoms with Crippen LogP contribution in [0.4, 0.5) is 0 Å². The van der Waals surface area contributed by atoms with Gasteiger partial charge in [-0.15, -0.1) is 0 Å². The predicted octanol–water partition coefficient (Wildman–Crippen LogP) is 4.94. The summed E-state index contributed by atoms with van der Waals surface area (Å²) in [6, 6.07) is 9.29. The van der Waals surface area contributed by atoms with Crippen LogP contribution in [0.3, 0.4) is 0 Å². The van der Waals surface area contributed by atoms with E-state index in [9.17, 15) is 0 Å².